The zero-order valence-electron chi connectivity index (χ0n) is 16.8. The number of allylic oxidation sites excluding steroid dienone is 1. The zero-order chi connectivity index (χ0) is 21.5. The average molecular weight is 418 g/mol. The maximum absolute atomic E-state index is 9.89. The molecule has 1 aromatic heterocycles. The summed E-state index contributed by atoms with van der Waals surface area (Å²) < 4.78 is 27.6. The van der Waals surface area contributed by atoms with Gasteiger partial charge in [-0.1, -0.05) is 6.07 Å². The highest BCUT2D eigenvalue weighted by molar-refractivity contribution is 5.76. The topological polar surface area (TPSA) is 125 Å². The minimum Gasteiger partial charge on any atom is -0.497 e. The molecule has 3 N–H and O–H groups in total. The van der Waals surface area contributed by atoms with E-state index in [0.717, 1.165) is 5.56 Å². The number of nitrogens with two attached hydrogens (primary N) is 1. The fraction of sp³-hybridized carbons (Fsp3) is 0.182. The van der Waals surface area contributed by atoms with Crippen LogP contribution >= 0.6 is 0 Å². The summed E-state index contributed by atoms with van der Waals surface area (Å²) in [6, 6.07) is 13.1. The minimum absolute atomic E-state index is 0.00771. The Bertz CT molecular complexity index is 1260. The average Bonchev–Trinajstić information content (AvgIpc) is 3.43. The maximum Gasteiger partial charge on any atom is 0.244 e. The second-order valence-corrected chi connectivity index (χ2v) is 6.92. The van der Waals surface area contributed by atoms with Gasteiger partial charge in [-0.25, -0.2) is 0 Å². The van der Waals surface area contributed by atoms with E-state index in [1.807, 2.05) is 24.3 Å². The quantitative estimate of drug-likeness (QED) is 0.662. The van der Waals surface area contributed by atoms with Crippen molar-refractivity contribution < 1.29 is 23.7 Å². The summed E-state index contributed by atoms with van der Waals surface area (Å²) in [6.07, 6.45) is 0. The number of benzene rings is 2. The van der Waals surface area contributed by atoms with Gasteiger partial charge in [0.05, 0.1) is 31.4 Å². The summed E-state index contributed by atoms with van der Waals surface area (Å²) in [5.74, 6) is 2.27. The Balaban J connectivity index is 1.73. The molecular formula is C22H18N4O5. The summed E-state index contributed by atoms with van der Waals surface area (Å²) in [5, 5.41) is 17.2. The molecule has 1 atom stereocenters. The van der Waals surface area contributed by atoms with Crippen LogP contribution in [0.4, 0.5) is 0 Å². The standard InChI is InChI=1S/C22H18N4O5/c1-27-12-4-6-15(28-2)13(8-12)20-19-18(11-3-5-16-17(7-11)30-10-29-16)14(9-23)21(24)31-22(19)26-25-20/h3-8,18H,10,24H2,1-2H3,(H,25,26)/t18-/m1/s1. The molecule has 0 amide bonds. The molecule has 3 aromatic rings. The van der Waals surface area contributed by atoms with Gasteiger partial charge in [-0.15, -0.1) is 5.10 Å². The van der Waals surface area contributed by atoms with Crippen LogP contribution in [0.3, 0.4) is 0 Å². The number of rotatable bonds is 4. The number of H-pyrrole nitrogens is 1. The van der Waals surface area contributed by atoms with Gasteiger partial charge in [-0.2, -0.15) is 5.26 Å². The van der Waals surface area contributed by atoms with Crippen molar-refractivity contribution in [3.8, 4) is 46.2 Å². The van der Waals surface area contributed by atoms with E-state index in [1.165, 1.54) is 0 Å². The van der Waals surface area contributed by atoms with E-state index in [9.17, 15) is 5.26 Å². The first-order chi connectivity index (χ1) is 15.1. The Morgan fingerprint density at radius 3 is 2.74 bits per heavy atom. The van der Waals surface area contributed by atoms with Gasteiger partial charge in [0.25, 0.3) is 0 Å². The third kappa shape index (κ3) is 2.88. The molecule has 2 aliphatic heterocycles. The van der Waals surface area contributed by atoms with Crippen molar-refractivity contribution in [2.24, 2.45) is 5.73 Å². The van der Waals surface area contributed by atoms with Crippen molar-refractivity contribution in [1.29, 1.82) is 5.26 Å². The van der Waals surface area contributed by atoms with Crippen molar-refractivity contribution in [2.75, 3.05) is 21.0 Å². The normalized spacial score (nSPS) is 16.4. The monoisotopic (exact) mass is 418 g/mol. The Kier molecular flexibility index (Phi) is 4.33. The molecule has 0 spiro atoms. The molecule has 2 aromatic carbocycles. The minimum atomic E-state index is -0.534. The number of ether oxygens (including phenoxy) is 5. The maximum atomic E-state index is 9.89. The van der Waals surface area contributed by atoms with Gasteiger partial charge in [-0.3, -0.25) is 5.10 Å². The third-order valence-corrected chi connectivity index (χ3v) is 5.34. The lowest BCUT2D eigenvalue weighted by Gasteiger charge is -2.24. The first-order valence-electron chi connectivity index (χ1n) is 9.42. The van der Waals surface area contributed by atoms with Crippen LogP contribution in [0.15, 0.2) is 47.9 Å². The molecule has 0 fully saturated rings. The van der Waals surface area contributed by atoms with Gasteiger partial charge in [0.15, 0.2) is 11.5 Å². The Hall–Kier alpha value is -4.32. The lowest BCUT2D eigenvalue weighted by Crippen LogP contribution is -2.21. The molecule has 5 rings (SSSR count). The number of fused-ring (bicyclic) bond motifs is 2. The summed E-state index contributed by atoms with van der Waals surface area (Å²) in [5.41, 5.74) is 9.15. The van der Waals surface area contributed by atoms with Crippen LogP contribution in [0.25, 0.3) is 11.3 Å². The lowest BCUT2D eigenvalue weighted by molar-refractivity contribution is 0.174. The molecule has 3 heterocycles. The summed E-state index contributed by atoms with van der Waals surface area (Å²) in [4.78, 5) is 0. The Labute approximate surface area is 177 Å². The smallest absolute Gasteiger partial charge is 0.244 e. The Morgan fingerprint density at radius 1 is 1.13 bits per heavy atom. The van der Waals surface area contributed by atoms with Gasteiger partial charge in [0, 0.05) is 5.56 Å². The molecule has 9 nitrogen and oxygen atoms in total. The first kappa shape index (κ1) is 18.7. The van der Waals surface area contributed by atoms with E-state index >= 15 is 0 Å². The number of hydrogen-bond acceptors (Lipinski definition) is 8. The Morgan fingerprint density at radius 2 is 1.97 bits per heavy atom. The zero-order valence-corrected chi connectivity index (χ0v) is 16.8. The van der Waals surface area contributed by atoms with Gasteiger partial charge < -0.3 is 29.4 Å². The van der Waals surface area contributed by atoms with Crippen molar-refractivity contribution in [3.05, 3.63) is 59.0 Å². The summed E-state index contributed by atoms with van der Waals surface area (Å²) in [7, 11) is 3.17. The fourth-order valence-electron chi connectivity index (χ4n) is 3.89. The van der Waals surface area contributed by atoms with Crippen molar-refractivity contribution in [2.45, 2.75) is 5.92 Å². The van der Waals surface area contributed by atoms with E-state index < -0.39 is 5.92 Å². The molecule has 9 heteroatoms. The predicted octanol–water partition coefficient (Wildman–Crippen LogP) is 3.04. The first-order valence-corrected chi connectivity index (χ1v) is 9.42. The molecule has 0 aliphatic carbocycles. The number of nitriles is 1. The van der Waals surface area contributed by atoms with Crippen molar-refractivity contribution >= 4 is 0 Å². The van der Waals surface area contributed by atoms with E-state index in [1.54, 1.807) is 26.4 Å². The van der Waals surface area contributed by atoms with Crippen molar-refractivity contribution in [3.63, 3.8) is 0 Å². The highest BCUT2D eigenvalue weighted by Gasteiger charge is 2.37. The molecule has 0 unspecified atom stereocenters. The molecule has 0 radical (unpaired) electrons. The van der Waals surface area contributed by atoms with E-state index in [2.05, 4.69) is 16.3 Å². The van der Waals surface area contributed by atoms with E-state index in [-0.39, 0.29) is 18.2 Å². The summed E-state index contributed by atoms with van der Waals surface area (Å²) in [6.45, 7) is 0.152. The van der Waals surface area contributed by atoms with Gasteiger partial charge in [-0.05, 0) is 35.9 Å². The van der Waals surface area contributed by atoms with E-state index in [0.29, 0.717) is 45.7 Å². The van der Waals surface area contributed by atoms with Crippen LogP contribution in [0.2, 0.25) is 0 Å². The number of hydrogen-bond donors (Lipinski definition) is 2. The SMILES string of the molecule is COc1ccc(OC)c(-c2[nH]nc3c2[C@H](c2ccc4c(c2)OCO4)C(C#N)=C(N)O3)c1. The van der Waals surface area contributed by atoms with Crippen molar-refractivity contribution in [1.82, 2.24) is 10.2 Å². The number of methoxy groups -OCH3 is 2. The molecule has 2 aliphatic rings. The van der Waals surface area contributed by atoms with E-state index in [4.69, 9.17) is 29.4 Å². The second-order valence-electron chi connectivity index (χ2n) is 6.92. The fourth-order valence-corrected chi connectivity index (χ4v) is 3.89. The molecule has 156 valence electrons. The van der Waals surface area contributed by atoms with Gasteiger partial charge >= 0.3 is 0 Å². The molecule has 0 bridgehead atoms. The van der Waals surface area contributed by atoms with Crippen LogP contribution in [0.1, 0.15) is 17.0 Å². The number of nitrogens with one attached hydrogen (secondary N) is 1. The van der Waals surface area contributed by atoms with Crippen LogP contribution in [0.5, 0.6) is 28.9 Å². The van der Waals surface area contributed by atoms with Gasteiger partial charge in [0.2, 0.25) is 18.6 Å². The predicted molar refractivity (Wildman–Crippen MR) is 109 cm³/mol. The highest BCUT2D eigenvalue weighted by Crippen LogP contribution is 2.49. The molecule has 0 saturated carbocycles. The largest absolute Gasteiger partial charge is 0.497 e. The van der Waals surface area contributed by atoms with Gasteiger partial charge in [0.1, 0.15) is 23.1 Å². The van der Waals surface area contributed by atoms with Crippen LogP contribution in [-0.4, -0.2) is 31.2 Å². The number of nitrogens with zero attached hydrogens (tertiary/aromatic N) is 2. The van der Waals surface area contributed by atoms with Crippen LogP contribution < -0.4 is 29.4 Å². The van der Waals surface area contributed by atoms with Crippen LogP contribution in [-0.2, 0) is 0 Å². The number of aromatic amines is 1. The highest BCUT2D eigenvalue weighted by atomic mass is 16.7. The lowest BCUT2D eigenvalue weighted by atomic mass is 9.82. The molecule has 0 saturated heterocycles. The third-order valence-electron chi connectivity index (χ3n) is 5.34. The molecule has 31 heavy (non-hydrogen) atoms. The molecular weight excluding hydrogens is 400 g/mol. The van der Waals surface area contributed by atoms with Crippen LogP contribution in [0, 0.1) is 11.3 Å². The number of aromatic nitrogens is 2. The summed E-state index contributed by atoms with van der Waals surface area (Å²) >= 11 is 0. The second kappa shape index (κ2) is 7.18.